The Hall–Kier alpha value is -2.18. The third-order valence-electron chi connectivity index (χ3n) is 3.49. The Balaban J connectivity index is 2.10. The minimum absolute atomic E-state index is 0.154. The van der Waals surface area contributed by atoms with E-state index in [1.54, 1.807) is 0 Å². The van der Waals surface area contributed by atoms with Crippen LogP contribution in [0.25, 0.3) is 0 Å². The van der Waals surface area contributed by atoms with Gasteiger partial charge < -0.3 is 15.3 Å². The molecule has 1 fully saturated rings. The molecule has 1 aromatic carbocycles. The molecule has 0 radical (unpaired) electrons. The highest BCUT2D eigenvalue weighted by atomic mass is 19.2. The van der Waals surface area contributed by atoms with E-state index in [0.29, 0.717) is 13.0 Å². The lowest BCUT2D eigenvalue weighted by Gasteiger charge is -2.34. The number of urea groups is 1. The number of likely N-dealkylation sites (tertiary alicyclic amines) is 1. The third-order valence-corrected chi connectivity index (χ3v) is 3.49. The Morgan fingerprint density at radius 1 is 1.33 bits per heavy atom. The number of benzene rings is 1. The van der Waals surface area contributed by atoms with Gasteiger partial charge in [-0.05, 0) is 31.4 Å². The van der Waals surface area contributed by atoms with E-state index in [4.69, 9.17) is 5.11 Å². The number of nitrogens with one attached hydrogen (secondary N) is 1. The van der Waals surface area contributed by atoms with Crippen LogP contribution in [0.3, 0.4) is 0 Å². The van der Waals surface area contributed by atoms with Gasteiger partial charge >= 0.3 is 12.0 Å². The van der Waals surface area contributed by atoms with Crippen LogP contribution in [0.2, 0.25) is 0 Å². The van der Waals surface area contributed by atoms with E-state index in [1.807, 2.05) is 0 Å². The second kappa shape index (κ2) is 6.51. The lowest BCUT2D eigenvalue weighted by atomic mass is 10.00. The monoisotopic (exact) mass is 298 g/mol. The topological polar surface area (TPSA) is 69.6 Å². The van der Waals surface area contributed by atoms with Crippen molar-refractivity contribution in [3.8, 4) is 0 Å². The lowest BCUT2D eigenvalue weighted by molar-refractivity contribution is -0.138. The third kappa shape index (κ3) is 3.68. The van der Waals surface area contributed by atoms with E-state index in [0.717, 1.165) is 18.9 Å². The van der Waals surface area contributed by atoms with Crippen LogP contribution < -0.4 is 5.32 Å². The number of halogens is 2. The van der Waals surface area contributed by atoms with Gasteiger partial charge in [-0.2, -0.15) is 0 Å². The number of carboxylic acid groups (broad SMARTS) is 1. The molecule has 2 N–H and O–H groups in total. The Labute approximate surface area is 120 Å². The van der Waals surface area contributed by atoms with Gasteiger partial charge in [-0.15, -0.1) is 0 Å². The molecule has 0 aliphatic carbocycles. The van der Waals surface area contributed by atoms with E-state index in [9.17, 15) is 18.4 Å². The summed E-state index contributed by atoms with van der Waals surface area (Å²) < 4.78 is 26.6. The fourth-order valence-corrected chi connectivity index (χ4v) is 2.47. The van der Waals surface area contributed by atoms with Crippen molar-refractivity contribution in [2.24, 2.45) is 0 Å². The number of anilines is 1. The molecule has 0 bridgehead atoms. The lowest BCUT2D eigenvalue weighted by Crippen LogP contribution is -2.46. The zero-order chi connectivity index (χ0) is 15.4. The molecule has 2 rings (SSSR count). The first-order chi connectivity index (χ1) is 9.99. The summed E-state index contributed by atoms with van der Waals surface area (Å²) in [6, 6.07) is 2.48. The summed E-state index contributed by atoms with van der Waals surface area (Å²) in [4.78, 5) is 24.4. The van der Waals surface area contributed by atoms with Crippen molar-refractivity contribution < 1.29 is 23.5 Å². The number of aliphatic carboxylic acids is 1. The molecule has 21 heavy (non-hydrogen) atoms. The van der Waals surface area contributed by atoms with Crippen LogP contribution in [-0.4, -0.2) is 34.6 Å². The van der Waals surface area contributed by atoms with Crippen LogP contribution in [0.15, 0.2) is 18.2 Å². The van der Waals surface area contributed by atoms with Gasteiger partial charge in [-0.3, -0.25) is 4.79 Å². The molecular weight excluding hydrogens is 282 g/mol. The maximum absolute atomic E-state index is 13.5. The van der Waals surface area contributed by atoms with E-state index in [-0.39, 0.29) is 12.1 Å². The fourth-order valence-electron chi connectivity index (χ4n) is 2.47. The van der Waals surface area contributed by atoms with Crippen molar-refractivity contribution in [3.05, 3.63) is 29.8 Å². The van der Waals surface area contributed by atoms with Crippen molar-refractivity contribution in [1.29, 1.82) is 0 Å². The first kappa shape index (κ1) is 15.2. The SMILES string of the molecule is O=C(O)CC1CCCCN1C(=O)Nc1cccc(F)c1F. The van der Waals surface area contributed by atoms with Crippen LogP contribution in [0.4, 0.5) is 19.3 Å². The molecule has 1 aliphatic rings. The molecule has 5 nitrogen and oxygen atoms in total. The zero-order valence-corrected chi connectivity index (χ0v) is 11.3. The van der Waals surface area contributed by atoms with Crippen LogP contribution in [0, 0.1) is 11.6 Å². The van der Waals surface area contributed by atoms with Crippen molar-refractivity contribution in [3.63, 3.8) is 0 Å². The van der Waals surface area contributed by atoms with Crippen molar-refractivity contribution in [1.82, 2.24) is 4.90 Å². The number of carbonyl (C=O) groups is 2. The normalized spacial score (nSPS) is 18.4. The Bertz CT molecular complexity index is 551. The molecule has 0 aromatic heterocycles. The summed E-state index contributed by atoms with van der Waals surface area (Å²) in [6.45, 7) is 0.403. The quantitative estimate of drug-likeness (QED) is 0.901. The second-order valence-corrected chi connectivity index (χ2v) is 4.97. The molecule has 2 amide bonds. The Morgan fingerprint density at radius 2 is 2.10 bits per heavy atom. The second-order valence-electron chi connectivity index (χ2n) is 4.97. The minimum Gasteiger partial charge on any atom is -0.481 e. The summed E-state index contributed by atoms with van der Waals surface area (Å²) >= 11 is 0. The van der Waals surface area contributed by atoms with E-state index >= 15 is 0 Å². The molecule has 1 saturated heterocycles. The van der Waals surface area contributed by atoms with Gasteiger partial charge in [-0.1, -0.05) is 6.07 Å². The number of amides is 2. The van der Waals surface area contributed by atoms with Crippen LogP contribution in [-0.2, 0) is 4.79 Å². The minimum atomic E-state index is -1.13. The highest BCUT2D eigenvalue weighted by molar-refractivity contribution is 5.90. The highest BCUT2D eigenvalue weighted by Crippen LogP contribution is 2.22. The van der Waals surface area contributed by atoms with Gasteiger partial charge in [0.05, 0.1) is 12.1 Å². The predicted molar refractivity (Wildman–Crippen MR) is 72.0 cm³/mol. The molecule has 1 aliphatic heterocycles. The fraction of sp³-hybridized carbons (Fsp3) is 0.429. The maximum Gasteiger partial charge on any atom is 0.322 e. The maximum atomic E-state index is 13.5. The molecule has 1 atom stereocenters. The number of hydrogen-bond acceptors (Lipinski definition) is 2. The van der Waals surface area contributed by atoms with E-state index in [2.05, 4.69) is 5.32 Å². The van der Waals surface area contributed by atoms with Gasteiger partial charge in [0.25, 0.3) is 0 Å². The standard InChI is InChI=1S/C14H16F2N2O3/c15-10-5-3-6-11(13(10)16)17-14(21)18-7-2-1-4-9(18)8-12(19)20/h3,5-6,9H,1-2,4,7-8H2,(H,17,21)(H,19,20). The van der Waals surface area contributed by atoms with Gasteiger partial charge in [-0.25, -0.2) is 13.6 Å². The molecular formula is C14H16F2N2O3. The Morgan fingerprint density at radius 3 is 2.81 bits per heavy atom. The number of nitrogens with zero attached hydrogens (tertiary/aromatic N) is 1. The molecule has 7 heteroatoms. The first-order valence-electron chi connectivity index (χ1n) is 6.72. The van der Waals surface area contributed by atoms with Gasteiger partial charge in [0.2, 0.25) is 0 Å². The van der Waals surface area contributed by atoms with Crippen LogP contribution >= 0.6 is 0 Å². The summed E-state index contributed by atoms with van der Waals surface area (Å²) in [5, 5.41) is 11.2. The number of carboxylic acids is 1. The number of hydrogen-bond donors (Lipinski definition) is 2. The number of rotatable bonds is 3. The summed E-state index contributed by atoms with van der Waals surface area (Å²) in [6.07, 6.45) is 2.04. The van der Waals surface area contributed by atoms with E-state index < -0.39 is 29.7 Å². The largest absolute Gasteiger partial charge is 0.481 e. The molecule has 1 heterocycles. The van der Waals surface area contributed by atoms with Gasteiger partial charge in [0.1, 0.15) is 0 Å². The van der Waals surface area contributed by atoms with E-state index in [1.165, 1.54) is 17.0 Å². The molecule has 0 saturated carbocycles. The smallest absolute Gasteiger partial charge is 0.322 e. The highest BCUT2D eigenvalue weighted by Gasteiger charge is 2.29. The number of piperidine rings is 1. The molecule has 1 aromatic rings. The molecule has 114 valence electrons. The predicted octanol–water partition coefficient (Wildman–Crippen LogP) is 2.83. The van der Waals surface area contributed by atoms with Crippen molar-refractivity contribution >= 4 is 17.7 Å². The summed E-state index contributed by atoms with van der Waals surface area (Å²) in [7, 11) is 0. The summed E-state index contributed by atoms with van der Waals surface area (Å²) in [5.41, 5.74) is -0.250. The van der Waals surface area contributed by atoms with Crippen LogP contribution in [0.5, 0.6) is 0 Å². The Kier molecular flexibility index (Phi) is 4.72. The molecule has 1 unspecified atom stereocenters. The average Bonchev–Trinajstić information content (AvgIpc) is 2.44. The van der Waals surface area contributed by atoms with Crippen LogP contribution in [0.1, 0.15) is 25.7 Å². The van der Waals surface area contributed by atoms with Gasteiger partial charge in [0.15, 0.2) is 11.6 Å². The average molecular weight is 298 g/mol. The first-order valence-corrected chi connectivity index (χ1v) is 6.72. The van der Waals surface area contributed by atoms with Crippen molar-refractivity contribution in [2.75, 3.05) is 11.9 Å². The van der Waals surface area contributed by atoms with Gasteiger partial charge in [0, 0.05) is 12.6 Å². The zero-order valence-electron chi connectivity index (χ0n) is 11.3. The molecule has 0 spiro atoms. The van der Waals surface area contributed by atoms with Crippen molar-refractivity contribution in [2.45, 2.75) is 31.7 Å². The summed E-state index contributed by atoms with van der Waals surface area (Å²) in [5.74, 6) is -3.16. The number of carbonyl (C=O) groups excluding carboxylic acids is 1.